The SMILES string of the molecule is O=C(Nc1cc(Cl)cc(Cl)c1)C(Cc1nc2ccccc2[nH]c1=O)=NNC(=O)c1ccncc1. The number of aromatic nitrogens is 3. The number of hydrogen-bond acceptors (Lipinski definition) is 6. The molecule has 4 rings (SSSR count). The highest BCUT2D eigenvalue weighted by atomic mass is 35.5. The fraction of sp³-hybridized carbons (Fsp3) is 0.0435. The van der Waals surface area contributed by atoms with Gasteiger partial charge in [-0.05, 0) is 42.5 Å². The van der Waals surface area contributed by atoms with E-state index in [2.05, 4.69) is 30.8 Å². The molecule has 0 spiro atoms. The Hall–Kier alpha value is -4.08. The van der Waals surface area contributed by atoms with E-state index in [1.54, 1.807) is 24.3 Å². The molecule has 0 aliphatic heterocycles. The minimum absolute atomic E-state index is 0.0508. The number of H-pyrrole nitrogens is 1. The van der Waals surface area contributed by atoms with Crippen molar-refractivity contribution in [1.29, 1.82) is 0 Å². The van der Waals surface area contributed by atoms with E-state index < -0.39 is 17.4 Å². The summed E-state index contributed by atoms with van der Waals surface area (Å²) in [4.78, 5) is 48.9. The molecule has 2 aromatic carbocycles. The maximum absolute atomic E-state index is 13.0. The van der Waals surface area contributed by atoms with Gasteiger partial charge in [-0.2, -0.15) is 5.10 Å². The van der Waals surface area contributed by atoms with Crippen LogP contribution in [0, 0.1) is 0 Å². The van der Waals surface area contributed by atoms with Crippen molar-refractivity contribution in [3.05, 3.63) is 98.6 Å². The lowest BCUT2D eigenvalue weighted by Crippen LogP contribution is -2.31. The zero-order chi connectivity index (χ0) is 24.1. The first-order chi connectivity index (χ1) is 16.4. The minimum Gasteiger partial charge on any atom is -0.321 e. The first-order valence-electron chi connectivity index (χ1n) is 9.91. The smallest absolute Gasteiger partial charge is 0.272 e. The monoisotopic (exact) mass is 494 g/mol. The fourth-order valence-electron chi connectivity index (χ4n) is 3.03. The van der Waals surface area contributed by atoms with Crippen LogP contribution in [0.1, 0.15) is 16.1 Å². The molecule has 4 aromatic rings. The number of pyridine rings is 1. The van der Waals surface area contributed by atoms with Gasteiger partial charge in [0.2, 0.25) is 0 Å². The highest BCUT2D eigenvalue weighted by Gasteiger charge is 2.18. The number of rotatable bonds is 6. The number of nitrogens with zero attached hydrogens (tertiary/aromatic N) is 3. The number of fused-ring (bicyclic) bond motifs is 1. The average Bonchev–Trinajstić information content (AvgIpc) is 2.81. The van der Waals surface area contributed by atoms with Crippen LogP contribution >= 0.6 is 23.2 Å². The Morgan fingerprint density at radius 2 is 1.71 bits per heavy atom. The van der Waals surface area contributed by atoms with Crippen LogP contribution in [-0.4, -0.2) is 32.5 Å². The second-order valence-corrected chi connectivity index (χ2v) is 7.93. The number of carbonyl (C=O) groups excluding carboxylic acids is 2. The molecule has 9 nitrogen and oxygen atoms in total. The van der Waals surface area contributed by atoms with Crippen LogP contribution in [0.3, 0.4) is 0 Å². The van der Waals surface area contributed by atoms with Gasteiger partial charge < -0.3 is 10.3 Å². The highest BCUT2D eigenvalue weighted by Crippen LogP contribution is 2.22. The number of nitrogens with one attached hydrogen (secondary N) is 3. The van der Waals surface area contributed by atoms with Gasteiger partial charge >= 0.3 is 0 Å². The van der Waals surface area contributed by atoms with Gasteiger partial charge in [-0.25, -0.2) is 10.4 Å². The summed E-state index contributed by atoms with van der Waals surface area (Å²) in [6.45, 7) is 0. The molecule has 0 aliphatic carbocycles. The Morgan fingerprint density at radius 1 is 1.00 bits per heavy atom. The molecule has 34 heavy (non-hydrogen) atoms. The maximum Gasteiger partial charge on any atom is 0.272 e. The largest absolute Gasteiger partial charge is 0.321 e. The molecule has 2 amide bonds. The lowest BCUT2D eigenvalue weighted by Gasteiger charge is -2.10. The van der Waals surface area contributed by atoms with Gasteiger partial charge in [-0.1, -0.05) is 35.3 Å². The lowest BCUT2D eigenvalue weighted by molar-refractivity contribution is -0.110. The summed E-state index contributed by atoms with van der Waals surface area (Å²) in [5, 5.41) is 7.25. The molecule has 0 radical (unpaired) electrons. The van der Waals surface area contributed by atoms with Crippen molar-refractivity contribution in [2.75, 3.05) is 5.32 Å². The van der Waals surface area contributed by atoms with E-state index in [9.17, 15) is 14.4 Å². The summed E-state index contributed by atoms with van der Waals surface area (Å²) >= 11 is 12.0. The number of anilines is 1. The van der Waals surface area contributed by atoms with Crippen LogP contribution in [0.4, 0.5) is 5.69 Å². The van der Waals surface area contributed by atoms with Gasteiger partial charge in [-0.3, -0.25) is 19.4 Å². The topological polar surface area (TPSA) is 129 Å². The Morgan fingerprint density at radius 3 is 2.44 bits per heavy atom. The Balaban J connectivity index is 1.65. The van der Waals surface area contributed by atoms with Crippen molar-refractivity contribution in [1.82, 2.24) is 20.4 Å². The molecule has 0 bridgehead atoms. The van der Waals surface area contributed by atoms with Crippen LogP contribution in [0.15, 0.2) is 76.9 Å². The summed E-state index contributed by atoms with van der Waals surface area (Å²) in [5.41, 5.74) is 3.45. The predicted molar refractivity (Wildman–Crippen MR) is 130 cm³/mol. The van der Waals surface area contributed by atoms with Crippen molar-refractivity contribution >= 4 is 57.4 Å². The number of aromatic amines is 1. The molecule has 170 valence electrons. The molecular formula is C23H16Cl2N6O3. The van der Waals surface area contributed by atoms with Crippen LogP contribution < -0.4 is 16.3 Å². The third kappa shape index (κ3) is 5.64. The zero-order valence-corrected chi connectivity index (χ0v) is 18.9. The Bertz CT molecular complexity index is 1450. The summed E-state index contributed by atoms with van der Waals surface area (Å²) in [7, 11) is 0. The van der Waals surface area contributed by atoms with Crippen LogP contribution in [0.25, 0.3) is 11.0 Å². The average molecular weight is 495 g/mol. The summed E-state index contributed by atoms with van der Waals surface area (Å²) < 4.78 is 0. The quantitative estimate of drug-likeness (QED) is 0.278. The molecule has 11 heteroatoms. The van der Waals surface area contributed by atoms with Gasteiger partial charge in [0.05, 0.1) is 11.0 Å². The number of hydrazone groups is 1. The molecule has 0 fully saturated rings. The third-order valence-electron chi connectivity index (χ3n) is 4.62. The van der Waals surface area contributed by atoms with E-state index in [-0.39, 0.29) is 17.8 Å². The van der Waals surface area contributed by atoms with Crippen LogP contribution in [0.5, 0.6) is 0 Å². The van der Waals surface area contributed by atoms with E-state index in [0.29, 0.717) is 32.3 Å². The fourth-order valence-corrected chi connectivity index (χ4v) is 3.56. The van der Waals surface area contributed by atoms with Gasteiger partial charge in [0.15, 0.2) is 0 Å². The Kier molecular flexibility index (Phi) is 6.95. The molecule has 0 saturated carbocycles. The second kappa shape index (κ2) is 10.2. The number of benzene rings is 2. The van der Waals surface area contributed by atoms with E-state index in [0.717, 1.165) is 0 Å². The maximum atomic E-state index is 13.0. The van der Waals surface area contributed by atoms with Gasteiger partial charge in [-0.15, -0.1) is 0 Å². The first-order valence-corrected chi connectivity index (χ1v) is 10.7. The zero-order valence-electron chi connectivity index (χ0n) is 17.4. The predicted octanol–water partition coefficient (Wildman–Crippen LogP) is 3.59. The van der Waals surface area contributed by atoms with Gasteiger partial charge in [0, 0.05) is 40.1 Å². The number of para-hydroxylation sites is 2. The van der Waals surface area contributed by atoms with Crippen molar-refractivity contribution in [3.8, 4) is 0 Å². The normalized spacial score (nSPS) is 11.3. The summed E-state index contributed by atoms with van der Waals surface area (Å²) in [5.74, 6) is -1.23. The van der Waals surface area contributed by atoms with Crippen molar-refractivity contribution in [2.24, 2.45) is 5.10 Å². The van der Waals surface area contributed by atoms with E-state index in [4.69, 9.17) is 23.2 Å². The van der Waals surface area contributed by atoms with E-state index in [1.165, 1.54) is 42.7 Å². The van der Waals surface area contributed by atoms with Gasteiger partial charge in [0.25, 0.3) is 17.4 Å². The molecule has 2 heterocycles. The summed E-state index contributed by atoms with van der Waals surface area (Å²) in [6.07, 6.45) is 2.65. The lowest BCUT2D eigenvalue weighted by atomic mass is 10.2. The minimum atomic E-state index is -0.678. The van der Waals surface area contributed by atoms with Crippen LogP contribution in [-0.2, 0) is 11.2 Å². The molecular weight excluding hydrogens is 479 g/mol. The first kappa shape index (κ1) is 23.1. The molecule has 0 saturated heterocycles. The second-order valence-electron chi connectivity index (χ2n) is 7.05. The third-order valence-corrected chi connectivity index (χ3v) is 5.06. The molecule has 3 N–H and O–H groups in total. The number of halogens is 2. The van der Waals surface area contributed by atoms with Crippen molar-refractivity contribution in [2.45, 2.75) is 6.42 Å². The van der Waals surface area contributed by atoms with Crippen LogP contribution in [0.2, 0.25) is 10.0 Å². The van der Waals surface area contributed by atoms with Gasteiger partial charge in [0.1, 0.15) is 11.4 Å². The number of carbonyl (C=O) groups is 2. The summed E-state index contributed by atoms with van der Waals surface area (Å²) in [6, 6.07) is 14.5. The highest BCUT2D eigenvalue weighted by molar-refractivity contribution is 6.44. The molecule has 0 aliphatic rings. The number of amides is 2. The van der Waals surface area contributed by atoms with Crippen molar-refractivity contribution < 1.29 is 9.59 Å². The molecule has 0 unspecified atom stereocenters. The van der Waals surface area contributed by atoms with E-state index in [1.807, 2.05) is 0 Å². The van der Waals surface area contributed by atoms with E-state index >= 15 is 0 Å². The number of hydrogen-bond donors (Lipinski definition) is 3. The standard InChI is InChI=1S/C23H16Cl2N6O3/c24-14-9-15(25)11-16(10-14)27-23(34)20(30-31-21(32)13-5-7-26-8-6-13)12-19-22(33)29-18-4-2-1-3-17(18)28-19/h1-11H,12H2,(H,27,34)(H,29,33)(H,31,32). The Labute approximate surface area is 202 Å². The molecule has 0 atom stereocenters. The van der Waals surface area contributed by atoms with Crippen molar-refractivity contribution in [3.63, 3.8) is 0 Å². The molecule has 2 aromatic heterocycles.